The molecule has 1 aromatic heterocycles. The van der Waals surface area contributed by atoms with Gasteiger partial charge in [0.25, 0.3) is 5.91 Å². The van der Waals surface area contributed by atoms with Gasteiger partial charge in [-0.1, -0.05) is 12.1 Å². The van der Waals surface area contributed by atoms with Crippen molar-refractivity contribution in [1.82, 2.24) is 4.90 Å². The van der Waals surface area contributed by atoms with Crippen LogP contribution in [0.25, 0.3) is 11.1 Å². The summed E-state index contributed by atoms with van der Waals surface area (Å²) in [5, 5.41) is 9.36. The zero-order valence-corrected chi connectivity index (χ0v) is 15.0. The second-order valence-corrected chi connectivity index (χ2v) is 7.29. The molecule has 27 heavy (non-hydrogen) atoms. The maximum Gasteiger partial charge on any atom is 0.309 e. The van der Waals surface area contributed by atoms with Crippen molar-refractivity contribution in [3.8, 4) is 11.1 Å². The molecule has 0 bridgehead atoms. The van der Waals surface area contributed by atoms with Gasteiger partial charge in [-0.25, -0.2) is 0 Å². The Morgan fingerprint density at radius 3 is 2.59 bits per heavy atom. The number of hydrogen-bond acceptors (Lipinski definition) is 4. The number of amides is 1. The lowest BCUT2D eigenvalue weighted by Crippen LogP contribution is -2.43. The molecule has 2 atom stereocenters. The summed E-state index contributed by atoms with van der Waals surface area (Å²) in [6, 6.07) is 9.43. The molecule has 6 nitrogen and oxygen atoms in total. The van der Waals surface area contributed by atoms with Gasteiger partial charge in [0, 0.05) is 30.8 Å². The summed E-state index contributed by atoms with van der Waals surface area (Å²) in [6.07, 6.45) is 5.20. The highest BCUT2D eigenvalue weighted by Gasteiger charge is 2.40. The maximum atomic E-state index is 12.9. The molecule has 3 heterocycles. The van der Waals surface area contributed by atoms with E-state index >= 15 is 0 Å². The summed E-state index contributed by atoms with van der Waals surface area (Å²) in [6.45, 7) is 1.78. The number of likely N-dealkylation sites (tertiary alicyclic amines) is 1. The Kier molecular flexibility index (Phi) is 4.99. The molecule has 1 N–H and O–H groups in total. The number of hydrogen-bond donors (Lipinski definition) is 1. The SMILES string of the molecule is O=C(O)C1CCO[C@H]1C1CCN(C(=O)c2cccc(-c3ccoc3)c2)CC1. The van der Waals surface area contributed by atoms with Gasteiger partial charge in [-0.05, 0) is 48.9 Å². The summed E-state index contributed by atoms with van der Waals surface area (Å²) in [5.41, 5.74) is 2.56. The monoisotopic (exact) mass is 369 g/mol. The minimum Gasteiger partial charge on any atom is -0.481 e. The lowest BCUT2D eigenvalue weighted by Gasteiger charge is -2.35. The lowest BCUT2D eigenvalue weighted by atomic mass is 9.84. The number of carboxylic acid groups (broad SMARTS) is 1. The maximum absolute atomic E-state index is 12.9. The Balaban J connectivity index is 1.40. The van der Waals surface area contributed by atoms with E-state index in [0.717, 1.165) is 24.0 Å². The first-order chi connectivity index (χ1) is 13.1. The quantitative estimate of drug-likeness (QED) is 0.895. The van der Waals surface area contributed by atoms with Crippen molar-refractivity contribution in [2.75, 3.05) is 19.7 Å². The van der Waals surface area contributed by atoms with Crippen LogP contribution in [0.1, 0.15) is 29.6 Å². The predicted molar refractivity (Wildman–Crippen MR) is 98.3 cm³/mol. The second kappa shape index (κ2) is 7.56. The van der Waals surface area contributed by atoms with Crippen LogP contribution in [-0.2, 0) is 9.53 Å². The van der Waals surface area contributed by atoms with Crippen molar-refractivity contribution in [3.63, 3.8) is 0 Å². The molecule has 2 saturated heterocycles. The Bertz CT molecular complexity index is 808. The number of aliphatic carboxylic acids is 1. The van der Waals surface area contributed by atoms with Crippen LogP contribution in [0.15, 0.2) is 47.3 Å². The van der Waals surface area contributed by atoms with Crippen molar-refractivity contribution < 1.29 is 23.8 Å². The average molecular weight is 369 g/mol. The zero-order valence-electron chi connectivity index (χ0n) is 15.0. The summed E-state index contributed by atoms with van der Waals surface area (Å²) in [5.74, 6) is -0.966. The molecular formula is C21H23NO5. The van der Waals surface area contributed by atoms with E-state index in [4.69, 9.17) is 9.15 Å². The van der Waals surface area contributed by atoms with Gasteiger partial charge in [0.15, 0.2) is 0 Å². The Morgan fingerprint density at radius 1 is 1.07 bits per heavy atom. The van der Waals surface area contributed by atoms with Gasteiger partial charge in [0.1, 0.15) is 0 Å². The van der Waals surface area contributed by atoms with Crippen molar-refractivity contribution in [1.29, 1.82) is 0 Å². The molecule has 2 fully saturated rings. The highest BCUT2D eigenvalue weighted by atomic mass is 16.5. The summed E-state index contributed by atoms with van der Waals surface area (Å²) in [4.78, 5) is 26.1. The minimum atomic E-state index is -0.771. The summed E-state index contributed by atoms with van der Waals surface area (Å²) < 4.78 is 10.8. The predicted octanol–water partition coefficient (Wildman–Crippen LogP) is 3.29. The zero-order chi connectivity index (χ0) is 18.8. The third-order valence-electron chi connectivity index (χ3n) is 5.71. The van der Waals surface area contributed by atoms with E-state index in [9.17, 15) is 14.7 Å². The van der Waals surface area contributed by atoms with Gasteiger partial charge in [-0.15, -0.1) is 0 Å². The van der Waals surface area contributed by atoms with Crippen LogP contribution in [0.3, 0.4) is 0 Å². The summed E-state index contributed by atoms with van der Waals surface area (Å²) >= 11 is 0. The van der Waals surface area contributed by atoms with E-state index in [1.807, 2.05) is 35.2 Å². The molecule has 6 heteroatoms. The van der Waals surface area contributed by atoms with Gasteiger partial charge < -0.3 is 19.2 Å². The fraction of sp³-hybridized carbons (Fsp3) is 0.429. The molecule has 2 aliphatic heterocycles. The number of carbonyl (C=O) groups is 2. The molecule has 0 radical (unpaired) electrons. The number of benzene rings is 1. The largest absolute Gasteiger partial charge is 0.481 e. The van der Waals surface area contributed by atoms with Crippen LogP contribution >= 0.6 is 0 Å². The Morgan fingerprint density at radius 2 is 1.89 bits per heavy atom. The molecule has 4 rings (SSSR count). The fourth-order valence-corrected chi connectivity index (χ4v) is 4.21. The third kappa shape index (κ3) is 3.62. The number of ether oxygens (including phenoxy) is 1. The van der Waals surface area contributed by atoms with Gasteiger partial charge in [0.2, 0.25) is 0 Å². The first-order valence-electron chi connectivity index (χ1n) is 9.40. The number of rotatable bonds is 4. The van der Waals surface area contributed by atoms with Crippen molar-refractivity contribution in [2.24, 2.45) is 11.8 Å². The lowest BCUT2D eigenvalue weighted by molar-refractivity contribution is -0.145. The van der Waals surface area contributed by atoms with Crippen LogP contribution < -0.4 is 0 Å². The van der Waals surface area contributed by atoms with Crippen molar-refractivity contribution >= 4 is 11.9 Å². The molecule has 1 aromatic carbocycles. The van der Waals surface area contributed by atoms with Crippen LogP contribution in [0.5, 0.6) is 0 Å². The first kappa shape index (κ1) is 17.8. The van der Waals surface area contributed by atoms with Crippen LogP contribution in [-0.4, -0.2) is 47.7 Å². The highest BCUT2D eigenvalue weighted by Crippen LogP contribution is 2.33. The van der Waals surface area contributed by atoms with E-state index in [0.29, 0.717) is 31.7 Å². The number of furan rings is 1. The topological polar surface area (TPSA) is 80.0 Å². The number of nitrogens with zero attached hydrogens (tertiary/aromatic N) is 1. The highest BCUT2D eigenvalue weighted by molar-refractivity contribution is 5.95. The number of carbonyl (C=O) groups excluding carboxylic acids is 1. The van der Waals surface area contributed by atoms with E-state index in [1.54, 1.807) is 12.5 Å². The second-order valence-electron chi connectivity index (χ2n) is 7.29. The molecule has 0 aliphatic carbocycles. The van der Waals surface area contributed by atoms with Gasteiger partial charge in [0.05, 0.1) is 24.5 Å². The van der Waals surface area contributed by atoms with E-state index < -0.39 is 11.9 Å². The van der Waals surface area contributed by atoms with Crippen LogP contribution in [0.2, 0.25) is 0 Å². The third-order valence-corrected chi connectivity index (χ3v) is 5.71. The molecule has 2 aliphatic rings. The first-order valence-corrected chi connectivity index (χ1v) is 9.40. The standard InChI is InChI=1S/C21H23NO5/c23-20(16-3-1-2-15(12-16)17-6-10-26-13-17)22-8-4-14(5-9-22)19-18(21(24)25)7-11-27-19/h1-3,6,10,12-14,18-19H,4-5,7-9,11H2,(H,24,25)/t18?,19-/m0/s1. The molecule has 1 unspecified atom stereocenters. The molecular weight excluding hydrogens is 346 g/mol. The number of piperidine rings is 1. The molecule has 2 aromatic rings. The molecule has 0 spiro atoms. The van der Waals surface area contributed by atoms with E-state index in [-0.39, 0.29) is 17.9 Å². The fourth-order valence-electron chi connectivity index (χ4n) is 4.21. The Labute approximate surface area is 157 Å². The number of carboxylic acids is 1. The van der Waals surface area contributed by atoms with Crippen molar-refractivity contribution in [2.45, 2.75) is 25.4 Å². The summed E-state index contributed by atoms with van der Waals surface area (Å²) in [7, 11) is 0. The van der Waals surface area contributed by atoms with Gasteiger partial charge >= 0.3 is 5.97 Å². The average Bonchev–Trinajstić information content (AvgIpc) is 3.39. The smallest absolute Gasteiger partial charge is 0.309 e. The molecule has 142 valence electrons. The Hall–Kier alpha value is -2.60. The van der Waals surface area contributed by atoms with E-state index in [1.165, 1.54) is 0 Å². The molecule has 0 saturated carbocycles. The van der Waals surface area contributed by atoms with E-state index in [2.05, 4.69) is 0 Å². The normalized spacial score (nSPS) is 23.5. The molecule has 1 amide bonds. The van der Waals surface area contributed by atoms with Gasteiger partial charge in [-0.2, -0.15) is 0 Å². The van der Waals surface area contributed by atoms with Crippen molar-refractivity contribution in [3.05, 3.63) is 48.4 Å². The van der Waals surface area contributed by atoms with Gasteiger partial charge in [-0.3, -0.25) is 9.59 Å². The van der Waals surface area contributed by atoms with Crippen LogP contribution in [0.4, 0.5) is 0 Å². The minimum absolute atomic E-state index is 0.0147. The van der Waals surface area contributed by atoms with Crippen LogP contribution in [0, 0.1) is 11.8 Å².